The summed E-state index contributed by atoms with van der Waals surface area (Å²) in [5.41, 5.74) is 17.6. The molecule has 3 rings (SSSR count). The van der Waals surface area contributed by atoms with Crippen LogP contribution < -0.4 is 0 Å². The van der Waals surface area contributed by atoms with Crippen LogP contribution in [0.25, 0.3) is 16.9 Å². The summed E-state index contributed by atoms with van der Waals surface area (Å²) in [7, 11) is 0. The summed E-state index contributed by atoms with van der Waals surface area (Å²) >= 11 is 0.950. The maximum atomic E-state index is 11.0. The van der Waals surface area contributed by atoms with Gasteiger partial charge in [-0.05, 0) is 61.1 Å². The van der Waals surface area contributed by atoms with Crippen LogP contribution in [0, 0.1) is 0 Å². The van der Waals surface area contributed by atoms with Gasteiger partial charge in [0.1, 0.15) is 0 Å². The Hall–Kier alpha value is -1.82. The number of benzene rings is 2. The summed E-state index contributed by atoms with van der Waals surface area (Å²) in [6, 6.07) is 17.5. The van der Waals surface area contributed by atoms with Crippen LogP contribution in [0.3, 0.4) is 0 Å². The van der Waals surface area contributed by atoms with Crippen molar-refractivity contribution in [1.29, 1.82) is 0 Å². The average molecular weight is 804 g/mol. The summed E-state index contributed by atoms with van der Waals surface area (Å²) in [5, 5.41) is 4.35. The average Bonchev–Trinajstić information content (AvgIpc) is 3.55. The molecule has 2 nitrogen and oxygen atoms in total. The van der Waals surface area contributed by atoms with Crippen LogP contribution in [0.1, 0.15) is 209 Å². The quantitative estimate of drug-likeness (QED) is 0.0412. The van der Waals surface area contributed by atoms with E-state index in [2.05, 4.69) is 73.2 Å². The predicted octanol–water partition coefficient (Wildman–Crippen LogP) is 16.9. The Morgan fingerprint density at radius 2 is 0.769 bits per heavy atom. The fourth-order valence-electron chi connectivity index (χ4n) is 7.46. The third-order valence-corrected chi connectivity index (χ3v) is 10.7. The fraction of sp³-hybridized carbons (Fsp3) is 0.673. The van der Waals surface area contributed by atoms with Crippen LogP contribution in [0.15, 0.2) is 60.7 Å². The third-order valence-electron chi connectivity index (χ3n) is 10.7. The van der Waals surface area contributed by atoms with E-state index in [0.717, 1.165) is 53.3 Å². The first-order valence-corrected chi connectivity index (χ1v) is 25.1. The topological polar surface area (TPSA) is 25.3 Å². The van der Waals surface area contributed by atoms with Gasteiger partial charge in [0.05, 0.1) is 0 Å². The Balaban J connectivity index is 0.00000301. The van der Waals surface area contributed by atoms with Gasteiger partial charge in [-0.1, -0.05) is 199 Å². The first kappa shape index (κ1) is 46.3. The monoisotopic (exact) mass is 803 g/mol. The molecule has 0 saturated carbocycles. The molecule has 1 heterocycles. The minimum absolute atomic E-state index is 0.854. The Morgan fingerprint density at radius 3 is 1.21 bits per heavy atom. The molecule has 2 aromatic rings. The minimum atomic E-state index is 0.854. The molecule has 0 saturated heterocycles. The number of rotatable bonds is 31. The van der Waals surface area contributed by atoms with Gasteiger partial charge in [-0.2, -0.15) is 0 Å². The van der Waals surface area contributed by atoms with E-state index in [9.17, 15) is 5.53 Å². The van der Waals surface area contributed by atoms with Crippen LogP contribution in [-0.4, -0.2) is 4.70 Å². The second-order valence-electron chi connectivity index (χ2n) is 15.5. The first-order valence-electron chi connectivity index (χ1n) is 22.0. The molecule has 0 atom stereocenters. The van der Waals surface area contributed by atoms with Gasteiger partial charge in [-0.3, -0.25) is 0 Å². The second kappa shape index (κ2) is 32.6. The zero-order valence-corrected chi connectivity index (χ0v) is 36.0. The number of aryl methyl sites for hydroxylation is 2. The molecule has 0 fully saturated rings. The van der Waals surface area contributed by atoms with Gasteiger partial charge in [0.2, 0.25) is 11.4 Å². The van der Waals surface area contributed by atoms with E-state index in [0.29, 0.717) is 0 Å². The van der Waals surface area contributed by atoms with E-state index in [1.165, 1.54) is 189 Å². The standard InChI is InChI=1S/C47H74N2.2CH3.Pd/c1-3-5-7-8-9-10-11-12-13-14-15-16-17-18-19-20-21-22-23-24-25-26-27-29-31-42-35-37-44(38-36-42)46-39-40-47(49(46)48)45-34-30-33-43(41-45)32-28-6-4-2;;;/h30,33-41H,3-29,31-32H2,1-2H3;2*1H3;. The van der Waals surface area contributed by atoms with Gasteiger partial charge >= 0.3 is 28.8 Å². The van der Waals surface area contributed by atoms with Crippen molar-refractivity contribution in [2.75, 3.05) is 0 Å². The number of hydrogen-bond donors (Lipinski definition) is 0. The number of hydrogen-bond acceptors (Lipinski definition) is 0. The van der Waals surface area contributed by atoms with Crippen molar-refractivity contribution >= 4 is 11.4 Å². The molecule has 0 amide bonds. The summed E-state index contributed by atoms with van der Waals surface area (Å²) in [5.74, 6) is 0. The van der Waals surface area contributed by atoms with Crippen LogP contribution in [0.2, 0.25) is 10.8 Å². The molecule has 0 N–H and O–H groups in total. The van der Waals surface area contributed by atoms with Crippen molar-refractivity contribution in [3.8, 4) is 0 Å². The van der Waals surface area contributed by atoms with Crippen molar-refractivity contribution < 1.29 is 22.7 Å². The van der Waals surface area contributed by atoms with E-state index >= 15 is 0 Å². The molecule has 0 radical (unpaired) electrons. The SMILES string of the molecule is CCCCCCCCCCCCCCCCCCCCCCCCCCc1ccc(C2=CC=C(c3cccc(CCCCC)c3)[N+]2=[N-])cc1.[CH3][Pd][CH3]. The van der Waals surface area contributed by atoms with Gasteiger partial charge in [0, 0.05) is 23.3 Å². The van der Waals surface area contributed by atoms with Crippen molar-refractivity contribution in [3.63, 3.8) is 0 Å². The van der Waals surface area contributed by atoms with E-state index in [4.69, 9.17) is 0 Å². The van der Waals surface area contributed by atoms with Crippen LogP contribution >= 0.6 is 0 Å². The Labute approximate surface area is 331 Å². The Bertz CT molecular complexity index is 1210. The van der Waals surface area contributed by atoms with Gasteiger partial charge in [0.15, 0.2) is 0 Å². The zero-order valence-electron chi connectivity index (χ0n) is 34.5. The molecule has 3 heteroatoms. The first-order chi connectivity index (χ1) is 25.6. The van der Waals surface area contributed by atoms with E-state index in [-0.39, 0.29) is 0 Å². The van der Waals surface area contributed by atoms with Crippen molar-refractivity contribution in [2.24, 2.45) is 0 Å². The predicted molar refractivity (Wildman–Crippen MR) is 228 cm³/mol. The van der Waals surface area contributed by atoms with E-state index in [1.807, 2.05) is 12.2 Å². The van der Waals surface area contributed by atoms with E-state index in [1.54, 1.807) is 0 Å². The molecule has 296 valence electrons. The summed E-state index contributed by atoms with van der Waals surface area (Å²) in [6.45, 7) is 4.55. The molecule has 0 aromatic heterocycles. The molecule has 0 unspecified atom stereocenters. The van der Waals surface area contributed by atoms with Crippen molar-refractivity contribution in [3.05, 3.63) is 88.5 Å². The number of unbranched alkanes of at least 4 members (excludes halogenated alkanes) is 25. The Kier molecular flexibility index (Phi) is 29.0. The molecule has 0 bridgehead atoms. The normalized spacial score (nSPS) is 12.6. The summed E-state index contributed by atoms with van der Waals surface area (Å²) < 4.78 is 1.36. The molecule has 0 spiro atoms. The van der Waals surface area contributed by atoms with Crippen LogP contribution in [0.5, 0.6) is 0 Å². The van der Waals surface area contributed by atoms with Crippen LogP contribution in [-0.2, 0) is 30.8 Å². The second-order valence-corrected chi connectivity index (χ2v) is 17.0. The molecule has 52 heavy (non-hydrogen) atoms. The van der Waals surface area contributed by atoms with Crippen molar-refractivity contribution in [2.45, 2.75) is 211 Å². The number of nitrogens with zero attached hydrogens (tertiary/aromatic N) is 2. The maximum absolute atomic E-state index is 11.0. The fourth-order valence-corrected chi connectivity index (χ4v) is 7.46. The zero-order chi connectivity index (χ0) is 37.3. The molecule has 1 aliphatic rings. The molecule has 1 aliphatic heterocycles. The van der Waals surface area contributed by atoms with Crippen LogP contribution in [0.4, 0.5) is 0 Å². The van der Waals surface area contributed by atoms with Crippen molar-refractivity contribution in [1.82, 2.24) is 0 Å². The third kappa shape index (κ3) is 21.8. The molecule has 0 aliphatic carbocycles. The summed E-state index contributed by atoms with van der Waals surface area (Å²) in [4.78, 5) is 0. The van der Waals surface area contributed by atoms with Gasteiger partial charge < -0.3 is 5.53 Å². The molecular weight excluding hydrogens is 723 g/mol. The van der Waals surface area contributed by atoms with Gasteiger partial charge in [0.25, 0.3) is 0 Å². The van der Waals surface area contributed by atoms with Gasteiger partial charge in [-0.15, -0.1) is 0 Å². The Morgan fingerprint density at radius 1 is 0.423 bits per heavy atom. The summed E-state index contributed by atoms with van der Waals surface area (Å²) in [6.07, 6.45) is 44.5. The van der Waals surface area contributed by atoms with E-state index < -0.39 is 0 Å². The molecular formula is C49H80N2Pd. The number of allylic oxidation sites excluding steroid dienone is 2. The van der Waals surface area contributed by atoms with Gasteiger partial charge in [-0.25, -0.2) is 4.70 Å². The molecule has 2 aromatic carbocycles.